The zero-order valence-corrected chi connectivity index (χ0v) is 10.2. The number of aryl methyl sites for hydroxylation is 3. The molecule has 0 aliphatic carbocycles. The summed E-state index contributed by atoms with van der Waals surface area (Å²) in [6.07, 6.45) is 0.884. The highest BCUT2D eigenvalue weighted by molar-refractivity contribution is 5.78. The van der Waals surface area contributed by atoms with Crippen LogP contribution in [-0.4, -0.2) is 15.0 Å². The van der Waals surface area contributed by atoms with Crippen molar-refractivity contribution in [3.8, 4) is 0 Å². The summed E-state index contributed by atoms with van der Waals surface area (Å²) in [4.78, 5) is 12.0. The number of aromatic amines is 1. The molecule has 1 N–H and O–H groups in total. The van der Waals surface area contributed by atoms with Gasteiger partial charge >= 0.3 is 0 Å². The molecule has 0 radical (unpaired) electrons. The summed E-state index contributed by atoms with van der Waals surface area (Å²) in [6, 6.07) is 2.09. The molecule has 0 atom stereocenters. The van der Waals surface area contributed by atoms with E-state index in [0.29, 0.717) is 0 Å². The summed E-state index contributed by atoms with van der Waals surface area (Å²) in [6.45, 7) is 10.1. The molecule has 15 heavy (non-hydrogen) atoms. The molecule has 2 heterocycles. The van der Waals surface area contributed by atoms with Crippen LogP contribution in [0.5, 0.6) is 0 Å². The van der Waals surface area contributed by atoms with Crippen LogP contribution in [0.4, 0.5) is 0 Å². The van der Waals surface area contributed by atoms with E-state index < -0.39 is 0 Å². The second kappa shape index (κ2) is 4.91. The lowest BCUT2D eigenvalue weighted by Gasteiger charge is -1.98. The predicted octanol–water partition coefficient (Wildman–Crippen LogP) is 3.16. The summed E-state index contributed by atoms with van der Waals surface area (Å²) in [5, 5.41) is 1.13. The maximum Gasteiger partial charge on any atom is 0.141 e. The third-order valence-electron chi connectivity index (χ3n) is 2.18. The molecule has 82 valence electrons. The van der Waals surface area contributed by atoms with E-state index in [-0.39, 0.29) is 0 Å². The van der Waals surface area contributed by atoms with E-state index >= 15 is 0 Å². The quantitative estimate of drug-likeness (QED) is 0.777. The van der Waals surface area contributed by atoms with Gasteiger partial charge in [-0.05, 0) is 19.9 Å². The van der Waals surface area contributed by atoms with Gasteiger partial charge in [-0.3, -0.25) is 0 Å². The first-order valence-electron chi connectivity index (χ1n) is 5.53. The van der Waals surface area contributed by atoms with Gasteiger partial charge in [0.05, 0.1) is 5.69 Å². The van der Waals surface area contributed by atoms with Crippen molar-refractivity contribution >= 4 is 11.0 Å². The van der Waals surface area contributed by atoms with Gasteiger partial charge in [0.2, 0.25) is 0 Å². The molecule has 0 saturated heterocycles. The molecule has 0 saturated carbocycles. The summed E-state index contributed by atoms with van der Waals surface area (Å²) in [5.41, 5.74) is 3.16. The van der Waals surface area contributed by atoms with Gasteiger partial charge in [0, 0.05) is 17.5 Å². The van der Waals surface area contributed by atoms with Crippen molar-refractivity contribution < 1.29 is 0 Å². The highest BCUT2D eigenvalue weighted by atomic mass is 15.0. The fourth-order valence-corrected chi connectivity index (χ4v) is 1.51. The Balaban J connectivity index is 0.000000531. The third kappa shape index (κ3) is 2.35. The molecule has 0 fully saturated rings. The van der Waals surface area contributed by atoms with E-state index in [1.807, 2.05) is 27.7 Å². The second-order valence-corrected chi connectivity index (χ2v) is 3.29. The average Bonchev–Trinajstić information content (AvgIpc) is 2.62. The molecule has 3 heteroatoms. The van der Waals surface area contributed by atoms with Crippen LogP contribution < -0.4 is 0 Å². The van der Waals surface area contributed by atoms with Crippen LogP contribution in [0, 0.1) is 13.8 Å². The van der Waals surface area contributed by atoms with Gasteiger partial charge in [0.25, 0.3) is 0 Å². The molecule has 0 amide bonds. The van der Waals surface area contributed by atoms with Gasteiger partial charge in [-0.1, -0.05) is 20.8 Å². The van der Waals surface area contributed by atoms with Gasteiger partial charge in [-0.25, -0.2) is 9.97 Å². The van der Waals surface area contributed by atoms with Crippen LogP contribution in [0.1, 0.15) is 38.0 Å². The Labute approximate surface area is 91.0 Å². The second-order valence-electron chi connectivity index (χ2n) is 3.29. The Morgan fingerprint density at radius 1 is 1.20 bits per heavy atom. The summed E-state index contributed by atoms with van der Waals surface area (Å²) in [5.74, 6) is 0.909. The molecular weight excluding hydrogens is 186 g/mol. The average molecular weight is 205 g/mol. The van der Waals surface area contributed by atoms with E-state index in [9.17, 15) is 0 Å². The Kier molecular flexibility index (Phi) is 3.83. The van der Waals surface area contributed by atoms with E-state index in [2.05, 4.69) is 27.9 Å². The molecule has 2 rings (SSSR count). The standard InChI is InChI=1S/C10H13N3.C2H6/c1-4-9-12-7(3)8-5-6(2)11-10(8)13-9;1-2/h5H,4H2,1-3H3,(H,11,12,13);1-2H3. The maximum atomic E-state index is 4.41. The smallest absolute Gasteiger partial charge is 0.141 e. The minimum Gasteiger partial charge on any atom is -0.343 e. The largest absolute Gasteiger partial charge is 0.343 e. The van der Waals surface area contributed by atoms with Crippen molar-refractivity contribution in [2.75, 3.05) is 0 Å². The lowest BCUT2D eigenvalue weighted by atomic mass is 10.3. The zero-order chi connectivity index (χ0) is 11.4. The molecule has 0 bridgehead atoms. The lowest BCUT2D eigenvalue weighted by molar-refractivity contribution is 0.937. The molecule has 0 aromatic carbocycles. The Bertz CT molecular complexity index is 443. The fraction of sp³-hybridized carbons (Fsp3) is 0.500. The summed E-state index contributed by atoms with van der Waals surface area (Å²) >= 11 is 0. The first kappa shape index (κ1) is 11.7. The van der Waals surface area contributed by atoms with Crippen molar-refractivity contribution in [2.24, 2.45) is 0 Å². The van der Waals surface area contributed by atoms with Crippen LogP contribution in [0.2, 0.25) is 0 Å². The van der Waals surface area contributed by atoms with Crippen molar-refractivity contribution in [1.82, 2.24) is 15.0 Å². The van der Waals surface area contributed by atoms with Gasteiger partial charge in [0.1, 0.15) is 11.5 Å². The molecule has 2 aromatic heterocycles. The van der Waals surface area contributed by atoms with Crippen molar-refractivity contribution in [2.45, 2.75) is 41.0 Å². The predicted molar refractivity (Wildman–Crippen MR) is 64.1 cm³/mol. The van der Waals surface area contributed by atoms with E-state index in [1.165, 1.54) is 0 Å². The Morgan fingerprint density at radius 2 is 1.87 bits per heavy atom. The van der Waals surface area contributed by atoms with Crippen LogP contribution in [0.25, 0.3) is 11.0 Å². The molecular formula is C12H19N3. The molecule has 0 spiro atoms. The first-order valence-corrected chi connectivity index (χ1v) is 5.53. The number of fused-ring (bicyclic) bond motifs is 1. The van der Waals surface area contributed by atoms with Gasteiger partial charge in [0.15, 0.2) is 0 Å². The molecule has 0 aliphatic heterocycles. The van der Waals surface area contributed by atoms with Crippen LogP contribution in [0.15, 0.2) is 6.07 Å². The van der Waals surface area contributed by atoms with Crippen LogP contribution in [0.3, 0.4) is 0 Å². The minimum absolute atomic E-state index is 0.884. The lowest BCUT2D eigenvalue weighted by Crippen LogP contribution is -1.95. The van der Waals surface area contributed by atoms with Crippen LogP contribution >= 0.6 is 0 Å². The van der Waals surface area contributed by atoms with Crippen molar-refractivity contribution in [3.63, 3.8) is 0 Å². The molecule has 0 aliphatic rings. The van der Waals surface area contributed by atoms with Gasteiger partial charge in [-0.2, -0.15) is 0 Å². The minimum atomic E-state index is 0.884. The fourth-order valence-electron chi connectivity index (χ4n) is 1.51. The number of nitrogens with zero attached hydrogens (tertiary/aromatic N) is 2. The molecule has 3 nitrogen and oxygen atoms in total. The highest BCUT2D eigenvalue weighted by Crippen LogP contribution is 2.15. The van der Waals surface area contributed by atoms with E-state index in [4.69, 9.17) is 0 Å². The number of rotatable bonds is 1. The number of nitrogens with one attached hydrogen (secondary N) is 1. The van der Waals surface area contributed by atoms with Gasteiger partial charge in [-0.15, -0.1) is 0 Å². The van der Waals surface area contributed by atoms with Crippen molar-refractivity contribution in [3.05, 3.63) is 23.3 Å². The number of hydrogen-bond donors (Lipinski definition) is 1. The molecule has 2 aromatic rings. The summed E-state index contributed by atoms with van der Waals surface area (Å²) < 4.78 is 0. The van der Waals surface area contributed by atoms with Gasteiger partial charge < -0.3 is 4.98 Å². The first-order chi connectivity index (χ1) is 7.20. The van der Waals surface area contributed by atoms with Crippen LogP contribution in [-0.2, 0) is 6.42 Å². The highest BCUT2D eigenvalue weighted by Gasteiger charge is 2.04. The molecule has 0 unspecified atom stereocenters. The van der Waals surface area contributed by atoms with Crippen molar-refractivity contribution in [1.29, 1.82) is 0 Å². The SMILES string of the molecule is CC.CCc1nc(C)c2cc(C)[nH]c2n1. The zero-order valence-electron chi connectivity index (χ0n) is 10.2. The summed E-state index contributed by atoms with van der Waals surface area (Å²) in [7, 11) is 0. The topological polar surface area (TPSA) is 41.6 Å². The number of aromatic nitrogens is 3. The van der Waals surface area contributed by atoms with E-state index in [1.54, 1.807) is 0 Å². The Morgan fingerprint density at radius 3 is 2.47 bits per heavy atom. The maximum absolute atomic E-state index is 4.41. The Hall–Kier alpha value is -1.38. The monoisotopic (exact) mass is 205 g/mol. The number of hydrogen-bond acceptors (Lipinski definition) is 2. The number of H-pyrrole nitrogens is 1. The normalized spacial score (nSPS) is 9.93. The van der Waals surface area contributed by atoms with E-state index in [0.717, 1.165) is 34.7 Å². The third-order valence-corrected chi connectivity index (χ3v) is 2.18.